The van der Waals surface area contributed by atoms with Crippen molar-refractivity contribution >= 4 is 5.97 Å². The van der Waals surface area contributed by atoms with E-state index in [-0.39, 0.29) is 24.1 Å². The van der Waals surface area contributed by atoms with E-state index in [9.17, 15) is 4.79 Å². The fourth-order valence-corrected chi connectivity index (χ4v) is 3.58. The first-order chi connectivity index (χ1) is 12.2. The lowest BCUT2D eigenvalue weighted by Crippen LogP contribution is -2.18. The predicted octanol–water partition coefficient (Wildman–Crippen LogP) is 5.41. The van der Waals surface area contributed by atoms with Crippen molar-refractivity contribution in [3.8, 4) is 0 Å². The number of epoxide rings is 1. The quantitative estimate of drug-likeness (QED) is 0.288. The summed E-state index contributed by atoms with van der Waals surface area (Å²) in [5, 5.41) is 0. The lowest BCUT2D eigenvalue weighted by atomic mass is 9.88. The van der Waals surface area contributed by atoms with Crippen LogP contribution in [-0.2, 0) is 20.7 Å². The van der Waals surface area contributed by atoms with Crippen molar-refractivity contribution in [1.29, 1.82) is 0 Å². The van der Waals surface area contributed by atoms with Gasteiger partial charge >= 0.3 is 5.97 Å². The van der Waals surface area contributed by atoms with Crippen LogP contribution in [0.5, 0.6) is 0 Å². The van der Waals surface area contributed by atoms with Crippen molar-refractivity contribution in [2.45, 2.75) is 89.8 Å². The Kier molecular flexibility index (Phi) is 8.47. The van der Waals surface area contributed by atoms with E-state index >= 15 is 0 Å². The van der Waals surface area contributed by atoms with Gasteiger partial charge in [-0.1, -0.05) is 69.7 Å². The molecule has 0 aliphatic carbocycles. The van der Waals surface area contributed by atoms with E-state index in [1.165, 1.54) is 57.6 Å². The first kappa shape index (κ1) is 20.0. The highest BCUT2D eigenvalue weighted by Gasteiger charge is 2.39. The summed E-state index contributed by atoms with van der Waals surface area (Å²) in [7, 11) is 1.48. The van der Waals surface area contributed by atoms with Gasteiger partial charge < -0.3 is 9.47 Å². The Morgan fingerprint density at radius 2 is 1.76 bits per heavy atom. The molecule has 3 unspecified atom stereocenters. The molecule has 25 heavy (non-hydrogen) atoms. The second-order valence-electron chi connectivity index (χ2n) is 7.26. The van der Waals surface area contributed by atoms with Gasteiger partial charge in [-0.05, 0) is 37.3 Å². The minimum Gasteiger partial charge on any atom is -0.469 e. The summed E-state index contributed by atoms with van der Waals surface area (Å²) >= 11 is 0. The molecule has 140 valence electrons. The summed E-state index contributed by atoms with van der Waals surface area (Å²) in [6.45, 7) is 4.31. The second kappa shape index (κ2) is 10.6. The molecule has 0 radical (unpaired) electrons. The molecule has 1 saturated heterocycles. The summed E-state index contributed by atoms with van der Waals surface area (Å²) in [5.41, 5.74) is 2.42. The standard InChI is InChI=1S/C22H34O3/c1-4-5-6-7-8-9-10-13-18-14-11-12-15-19(18)20(22(23)24-3)16-21-17(2)25-21/h11-12,14-15,17,20-21H,4-10,13,16H2,1-3H3. The first-order valence-corrected chi connectivity index (χ1v) is 9.98. The van der Waals surface area contributed by atoms with Crippen LogP contribution >= 0.6 is 0 Å². The van der Waals surface area contributed by atoms with E-state index in [2.05, 4.69) is 32.0 Å². The van der Waals surface area contributed by atoms with Crippen LogP contribution in [0.3, 0.4) is 0 Å². The number of aryl methyl sites for hydroxylation is 1. The highest BCUT2D eigenvalue weighted by atomic mass is 16.6. The van der Waals surface area contributed by atoms with E-state index in [1.54, 1.807) is 0 Å². The van der Waals surface area contributed by atoms with Crippen LogP contribution in [0.2, 0.25) is 0 Å². The molecule has 3 atom stereocenters. The number of rotatable bonds is 12. The molecule has 0 bridgehead atoms. The van der Waals surface area contributed by atoms with Crippen molar-refractivity contribution < 1.29 is 14.3 Å². The maximum atomic E-state index is 12.3. The van der Waals surface area contributed by atoms with Gasteiger partial charge in [-0.3, -0.25) is 4.79 Å². The van der Waals surface area contributed by atoms with Gasteiger partial charge in [-0.15, -0.1) is 0 Å². The van der Waals surface area contributed by atoms with Gasteiger partial charge in [0.05, 0.1) is 25.2 Å². The fourth-order valence-electron chi connectivity index (χ4n) is 3.58. The summed E-state index contributed by atoms with van der Waals surface area (Å²) in [6, 6.07) is 8.35. The van der Waals surface area contributed by atoms with Gasteiger partial charge in [-0.2, -0.15) is 0 Å². The number of methoxy groups -OCH3 is 1. The van der Waals surface area contributed by atoms with Crippen LogP contribution in [0, 0.1) is 0 Å². The molecular weight excluding hydrogens is 312 g/mol. The number of hydrogen-bond acceptors (Lipinski definition) is 3. The van der Waals surface area contributed by atoms with E-state index < -0.39 is 0 Å². The molecule has 1 aliphatic heterocycles. The highest BCUT2D eigenvalue weighted by molar-refractivity contribution is 5.78. The number of benzene rings is 1. The summed E-state index contributed by atoms with van der Waals surface area (Å²) in [4.78, 5) is 12.3. The number of unbranched alkanes of at least 4 members (excludes halogenated alkanes) is 6. The molecule has 1 aliphatic rings. The first-order valence-electron chi connectivity index (χ1n) is 9.98. The topological polar surface area (TPSA) is 38.8 Å². The molecule has 1 heterocycles. The second-order valence-corrected chi connectivity index (χ2v) is 7.26. The van der Waals surface area contributed by atoms with Crippen molar-refractivity contribution in [2.75, 3.05) is 7.11 Å². The Balaban J connectivity index is 1.91. The molecule has 1 aromatic rings. The molecule has 0 amide bonds. The molecule has 1 fully saturated rings. The molecule has 0 spiro atoms. The van der Waals surface area contributed by atoms with E-state index in [4.69, 9.17) is 9.47 Å². The number of carbonyl (C=O) groups is 1. The third-order valence-corrected chi connectivity index (χ3v) is 5.27. The highest BCUT2D eigenvalue weighted by Crippen LogP contribution is 2.35. The minimum absolute atomic E-state index is 0.144. The lowest BCUT2D eigenvalue weighted by Gasteiger charge is -2.18. The van der Waals surface area contributed by atoms with Gasteiger partial charge in [0.15, 0.2) is 0 Å². The molecule has 0 N–H and O–H groups in total. The van der Waals surface area contributed by atoms with E-state index in [0.717, 1.165) is 18.4 Å². The number of carbonyl (C=O) groups excluding carboxylic acids is 1. The van der Waals surface area contributed by atoms with Crippen LogP contribution in [0.15, 0.2) is 24.3 Å². The maximum Gasteiger partial charge on any atom is 0.313 e. The molecule has 0 saturated carbocycles. The molecule has 0 aromatic heterocycles. The smallest absolute Gasteiger partial charge is 0.313 e. The fraction of sp³-hybridized carbons (Fsp3) is 0.682. The van der Waals surface area contributed by atoms with Crippen LogP contribution in [0.1, 0.15) is 82.3 Å². The Hall–Kier alpha value is -1.35. The van der Waals surface area contributed by atoms with Crippen molar-refractivity contribution in [2.24, 2.45) is 0 Å². The van der Waals surface area contributed by atoms with Crippen molar-refractivity contribution in [3.05, 3.63) is 35.4 Å². The third-order valence-electron chi connectivity index (χ3n) is 5.27. The largest absolute Gasteiger partial charge is 0.469 e. The van der Waals surface area contributed by atoms with Gasteiger partial charge in [0.1, 0.15) is 0 Å². The maximum absolute atomic E-state index is 12.3. The average Bonchev–Trinajstić information content (AvgIpc) is 3.33. The molecule has 3 heteroatoms. The van der Waals surface area contributed by atoms with Crippen LogP contribution in [0.4, 0.5) is 0 Å². The van der Waals surface area contributed by atoms with Gasteiger partial charge in [0.2, 0.25) is 0 Å². The monoisotopic (exact) mass is 346 g/mol. The summed E-state index contributed by atoms with van der Waals surface area (Å²) in [6.07, 6.45) is 11.3. The Labute approximate surface area is 153 Å². The Morgan fingerprint density at radius 3 is 2.40 bits per heavy atom. The van der Waals surface area contributed by atoms with Gasteiger partial charge in [0.25, 0.3) is 0 Å². The van der Waals surface area contributed by atoms with Crippen molar-refractivity contribution in [3.63, 3.8) is 0 Å². The molecule has 3 nitrogen and oxygen atoms in total. The zero-order valence-corrected chi connectivity index (χ0v) is 16.1. The minimum atomic E-state index is -0.208. The zero-order chi connectivity index (χ0) is 18.1. The SMILES string of the molecule is CCCCCCCCCc1ccccc1C(CC1OC1C)C(=O)OC. The van der Waals surface area contributed by atoms with Crippen LogP contribution in [0.25, 0.3) is 0 Å². The van der Waals surface area contributed by atoms with Gasteiger partial charge in [-0.25, -0.2) is 0 Å². The predicted molar refractivity (Wildman–Crippen MR) is 102 cm³/mol. The molecule has 1 aromatic carbocycles. The molecule has 2 rings (SSSR count). The zero-order valence-electron chi connectivity index (χ0n) is 16.1. The van der Waals surface area contributed by atoms with Crippen molar-refractivity contribution in [1.82, 2.24) is 0 Å². The third kappa shape index (κ3) is 6.47. The Morgan fingerprint density at radius 1 is 1.12 bits per heavy atom. The molecular formula is C22H34O3. The van der Waals surface area contributed by atoms with Gasteiger partial charge in [0, 0.05) is 0 Å². The average molecular weight is 347 g/mol. The van der Waals surface area contributed by atoms with Crippen LogP contribution in [-0.4, -0.2) is 25.3 Å². The van der Waals surface area contributed by atoms with Crippen LogP contribution < -0.4 is 0 Å². The summed E-state index contributed by atoms with van der Waals surface area (Å²) in [5.74, 6) is -0.351. The lowest BCUT2D eigenvalue weighted by molar-refractivity contribution is -0.142. The van der Waals surface area contributed by atoms with E-state index in [1.807, 2.05) is 6.07 Å². The number of esters is 1. The number of hydrogen-bond donors (Lipinski definition) is 0. The Bertz CT molecular complexity index is 526. The normalized spacial score (nSPS) is 20.3. The van der Waals surface area contributed by atoms with E-state index in [0.29, 0.717) is 0 Å². The summed E-state index contributed by atoms with van der Waals surface area (Å²) < 4.78 is 10.6. The number of ether oxygens (including phenoxy) is 2.